The molecule has 6 nitrogen and oxygen atoms in total. The summed E-state index contributed by atoms with van der Waals surface area (Å²) >= 11 is 0. The highest BCUT2D eigenvalue weighted by Crippen LogP contribution is 2.62. The maximum Gasteiger partial charge on any atom is 0.494 e. The number of rotatable bonds is 10. The molecule has 2 saturated heterocycles. The van der Waals surface area contributed by atoms with Crippen molar-refractivity contribution in [2.75, 3.05) is 14.2 Å². The van der Waals surface area contributed by atoms with Crippen molar-refractivity contribution < 1.29 is 28.1 Å². The van der Waals surface area contributed by atoms with Crippen LogP contribution in [0.5, 0.6) is 11.5 Å². The molecule has 0 radical (unpaired) electrons. The molecule has 71 heavy (non-hydrogen) atoms. The molecular formula is C63H74B2O6. The molecule has 368 valence electrons. The van der Waals surface area contributed by atoms with Gasteiger partial charge in [-0.25, -0.2) is 0 Å². The predicted octanol–water partition coefficient (Wildman–Crippen LogP) is 13.9. The van der Waals surface area contributed by atoms with Gasteiger partial charge in [-0.3, -0.25) is 0 Å². The van der Waals surface area contributed by atoms with Gasteiger partial charge < -0.3 is 28.1 Å². The molecule has 5 aliphatic carbocycles. The van der Waals surface area contributed by atoms with Gasteiger partial charge in [0.05, 0.1) is 36.6 Å². The van der Waals surface area contributed by atoms with E-state index in [-0.39, 0.29) is 29.2 Å². The van der Waals surface area contributed by atoms with E-state index in [0.29, 0.717) is 5.92 Å². The highest BCUT2D eigenvalue weighted by molar-refractivity contribution is 6.63. The van der Waals surface area contributed by atoms with Crippen LogP contribution in [0.3, 0.4) is 0 Å². The molecule has 2 aliphatic heterocycles. The standard InChI is InChI=1S/C63H74B2O6/c1-58(2)59(3,4)69-64(68-58)52-21-17-46-29-44(13-15-48(46)31-52)50-19-23-56(66-9)54(33-50)61(7)25-11-12-40(35-61)36-62(8)60(5,6)70-65(71-62)53-22-18-47-30-45(14-16-49(47)32-53)51-20-24-57(67-10)55(34-51)63-37-41-26-42(38-63)28-43(27-41)39-63/h13-24,29-34,40-43H,11-12,25-28,35-39H2,1-10H3. The molecule has 3 unspecified atom stereocenters. The summed E-state index contributed by atoms with van der Waals surface area (Å²) in [5, 5.41) is 4.80. The lowest BCUT2D eigenvalue weighted by Gasteiger charge is -2.57. The molecule has 8 heteroatoms. The van der Waals surface area contributed by atoms with Gasteiger partial charge in [0, 0.05) is 11.1 Å². The van der Waals surface area contributed by atoms with Crippen LogP contribution in [0.4, 0.5) is 0 Å². The summed E-state index contributed by atoms with van der Waals surface area (Å²) in [5.74, 6) is 5.16. The van der Waals surface area contributed by atoms with Crippen LogP contribution in [-0.2, 0) is 29.4 Å². The average Bonchev–Trinajstić information content (AvgIpc) is 3.72. The second-order valence-electron chi connectivity index (χ2n) is 25.3. The summed E-state index contributed by atoms with van der Waals surface area (Å²) in [4.78, 5) is 0. The van der Waals surface area contributed by atoms with Crippen molar-refractivity contribution in [1.82, 2.24) is 0 Å². The first-order valence-electron chi connectivity index (χ1n) is 27.0. The average molecular weight is 949 g/mol. The fraction of sp³-hybridized carbons (Fsp3) is 0.492. The summed E-state index contributed by atoms with van der Waals surface area (Å²) in [5.41, 5.74) is 8.31. The quantitative estimate of drug-likeness (QED) is 0.128. The fourth-order valence-corrected chi connectivity index (χ4v) is 15.1. The number of hydrogen-bond acceptors (Lipinski definition) is 6. The van der Waals surface area contributed by atoms with E-state index in [4.69, 9.17) is 28.1 Å². The molecule has 0 amide bonds. The Hall–Kier alpha value is -4.59. The Morgan fingerprint density at radius 3 is 1.45 bits per heavy atom. The van der Waals surface area contributed by atoms with Crippen molar-refractivity contribution >= 4 is 46.7 Å². The zero-order valence-corrected chi connectivity index (χ0v) is 44.1. The Morgan fingerprint density at radius 1 is 0.479 bits per heavy atom. The van der Waals surface area contributed by atoms with E-state index in [1.807, 2.05) is 14.2 Å². The van der Waals surface area contributed by atoms with Crippen LogP contribution < -0.4 is 20.4 Å². The molecule has 2 heterocycles. The van der Waals surface area contributed by atoms with E-state index in [9.17, 15) is 0 Å². The zero-order chi connectivity index (χ0) is 49.3. The minimum atomic E-state index is -0.480. The van der Waals surface area contributed by atoms with Gasteiger partial charge in [0.25, 0.3) is 0 Å². The smallest absolute Gasteiger partial charge is 0.494 e. The van der Waals surface area contributed by atoms with E-state index in [0.717, 1.165) is 65.9 Å². The first-order valence-corrected chi connectivity index (χ1v) is 27.0. The zero-order valence-electron chi connectivity index (χ0n) is 44.1. The second kappa shape index (κ2) is 17.0. The Balaban J connectivity index is 0.751. The third kappa shape index (κ3) is 8.17. The molecular weight excluding hydrogens is 874 g/mol. The molecule has 7 fully saturated rings. The van der Waals surface area contributed by atoms with Crippen LogP contribution >= 0.6 is 0 Å². The number of fused-ring (bicyclic) bond motifs is 2. The minimum absolute atomic E-state index is 0.0579. The maximum atomic E-state index is 7.14. The molecule has 13 rings (SSSR count). The van der Waals surface area contributed by atoms with E-state index in [1.165, 1.54) is 99.9 Å². The number of ether oxygens (including phenoxy) is 2. The third-order valence-electron chi connectivity index (χ3n) is 19.7. The largest absolute Gasteiger partial charge is 0.496 e. The Morgan fingerprint density at radius 2 is 0.915 bits per heavy atom. The first kappa shape index (κ1) is 47.4. The van der Waals surface area contributed by atoms with Crippen molar-refractivity contribution in [3.05, 3.63) is 120 Å². The normalized spacial score (nSPS) is 30.4. The predicted molar refractivity (Wildman–Crippen MR) is 291 cm³/mol. The molecule has 5 saturated carbocycles. The highest BCUT2D eigenvalue weighted by Gasteiger charge is 2.57. The van der Waals surface area contributed by atoms with Gasteiger partial charge in [-0.15, -0.1) is 0 Å². The number of methoxy groups -OCH3 is 2. The van der Waals surface area contributed by atoms with Gasteiger partial charge in [-0.1, -0.05) is 92.6 Å². The van der Waals surface area contributed by atoms with Crippen molar-refractivity contribution in [1.29, 1.82) is 0 Å². The van der Waals surface area contributed by atoms with Crippen molar-refractivity contribution in [2.24, 2.45) is 23.7 Å². The maximum absolute atomic E-state index is 7.14. The van der Waals surface area contributed by atoms with Gasteiger partial charge in [0.15, 0.2) is 0 Å². The molecule has 6 aromatic carbocycles. The summed E-state index contributed by atoms with van der Waals surface area (Å²) in [6, 6.07) is 40.8. The Bertz CT molecular complexity index is 3000. The molecule has 0 N–H and O–H groups in total. The van der Waals surface area contributed by atoms with Crippen LogP contribution in [0, 0.1) is 23.7 Å². The topological polar surface area (TPSA) is 55.4 Å². The van der Waals surface area contributed by atoms with Crippen LogP contribution in [-0.4, -0.2) is 50.9 Å². The summed E-state index contributed by atoms with van der Waals surface area (Å²) in [6.45, 7) is 17.6. The first-order chi connectivity index (χ1) is 33.8. The Labute approximate surface area is 424 Å². The SMILES string of the molecule is COc1ccc(-c2ccc3cc(B4OC(C)(C)C(C)(C)O4)ccc3c2)cc1C1(C)CCCC(CC2(C)OB(c3ccc4cc(-c5ccc(OC)c(C67CC8CC(CC(C8)C6)C7)c5)ccc4c3)OC2(C)C)C1. The van der Waals surface area contributed by atoms with E-state index >= 15 is 0 Å². The van der Waals surface area contributed by atoms with Crippen LogP contribution in [0.2, 0.25) is 0 Å². The molecule has 4 bridgehead atoms. The molecule has 0 spiro atoms. The van der Waals surface area contributed by atoms with Gasteiger partial charge >= 0.3 is 14.2 Å². The van der Waals surface area contributed by atoms with E-state index in [1.54, 1.807) is 0 Å². The van der Waals surface area contributed by atoms with Crippen LogP contribution in [0.15, 0.2) is 109 Å². The van der Waals surface area contributed by atoms with Crippen molar-refractivity contribution in [2.45, 2.75) is 159 Å². The lowest BCUT2D eigenvalue weighted by molar-refractivity contribution is -0.0335. The minimum Gasteiger partial charge on any atom is -0.496 e. The summed E-state index contributed by atoms with van der Waals surface area (Å²) in [6.07, 6.45) is 13.7. The van der Waals surface area contributed by atoms with Gasteiger partial charge in [-0.2, -0.15) is 0 Å². The third-order valence-corrected chi connectivity index (χ3v) is 19.7. The van der Waals surface area contributed by atoms with Gasteiger partial charge in [-0.05, 0) is 232 Å². The Kier molecular flexibility index (Phi) is 11.3. The number of benzene rings is 6. The van der Waals surface area contributed by atoms with E-state index in [2.05, 4.69) is 165 Å². The molecule has 3 atom stereocenters. The van der Waals surface area contributed by atoms with Crippen LogP contribution in [0.1, 0.15) is 137 Å². The van der Waals surface area contributed by atoms with Gasteiger partial charge in [0.1, 0.15) is 11.5 Å². The van der Waals surface area contributed by atoms with Crippen LogP contribution in [0.25, 0.3) is 43.8 Å². The fourth-order valence-electron chi connectivity index (χ4n) is 15.1. The number of hydrogen-bond donors (Lipinski definition) is 0. The molecule has 0 aromatic heterocycles. The van der Waals surface area contributed by atoms with Crippen molar-refractivity contribution in [3.63, 3.8) is 0 Å². The summed E-state index contributed by atoms with van der Waals surface area (Å²) in [7, 11) is 2.85. The highest BCUT2D eigenvalue weighted by atomic mass is 16.7. The lowest BCUT2D eigenvalue weighted by Crippen LogP contribution is -2.48. The molecule has 6 aromatic rings. The monoisotopic (exact) mass is 949 g/mol. The van der Waals surface area contributed by atoms with Gasteiger partial charge in [0.2, 0.25) is 0 Å². The molecule has 7 aliphatic rings. The van der Waals surface area contributed by atoms with E-state index < -0.39 is 18.3 Å². The second-order valence-corrected chi connectivity index (χ2v) is 25.3. The van der Waals surface area contributed by atoms with Crippen molar-refractivity contribution in [3.8, 4) is 33.8 Å². The lowest BCUT2D eigenvalue weighted by atomic mass is 9.48. The summed E-state index contributed by atoms with van der Waals surface area (Å²) < 4.78 is 39.0.